The van der Waals surface area contributed by atoms with E-state index < -0.39 is 71.9 Å². The molecular weight excluding hydrogens is 775 g/mol. The topological polar surface area (TPSA) is 223 Å². The lowest BCUT2D eigenvalue weighted by atomic mass is 9.99. The smallest absolute Gasteiger partial charge is 0.326 e. The molecular formula is C44H43N5O9S. The summed E-state index contributed by atoms with van der Waals surface area (Å²) >= 11 is 1.29. The minimum absolute atomic E-state index is 0.0249. The molecule has 304 valence electrons. The summed E-state index contributed by atoms with van der Waals surface area (Å²) in [4.78, 5) is 82.0. The minimum atomic E-state index is -2.30. The van der Waals surface area contributed by atoms with E-state index in [4.69, 9.17) is 0 Å². The van der Waals surface area contributed by atoms with Crippen LogP contribution < -0.4 is 26.6 Å². The van der Waals surface area contributed by atoms with E-state index in [-0.39, 0.29) is 31.4 Å². The van der Waals surface area contributed by atoms with Gasteiger partial charge in [-0.15, -0.1) is 11.3 Å². The zero-order chi connectivity index (χ0) is 41.9. The Hall–Kier alpha value is -6.68. The first-order valence-corrected chi connectivity index (χ1v) is 19.7. The van der Waals surface area contributed by atoms with Gasteiger partial charge in [-0.2, -0.15) is 0 Å². The fourth-order valence-corrected chi connectivity index (χ4v) is 7.30. The molecule has 8 N–H and O–H groups in total. The average Bonchev–Trinajstić information content (AvgIpc) is 3.76. The molecule has 0 radical (unpaired) electrons. The van der Waals surface area contributed by atoms with Crippen molar-refractivity contribution in [3.05, 3.63) is 148 Å². The Balaban J connectivity index is 1.37. The highest BCUT2D eigenvalue weighted by molar-refractivity contribution is 7.09. The number of benzene rings is 4. The Morgan fingerprint density at radius 3 is 1.63 bits per heavy atom. The zero-order valence-corrected chi connectivity index (χ0v) is 32.4. The lowest BCUT2D eigenvalue weighted by molar-refractivity contribution is -0.145. The Kier molecular flexibility index (Phi) is 14.0. The predicted octanol–water partition coefficient (Wildman–Crippen LogP) is 2.38. The number of carbonyl (C=O) groups is 6. The molecule has 5 aromatic rings. The molecule has 14 nitrogen and oxygen atoms in total. The zero-order valence-electron chi connectivity index (χ0n) is 31.6. The van der Waals surface area contributed by atoms with Gasteiger partial charge in [0, 0.05) is 36.2 Å². The van der Waals surface area contributed by atoms with Crippen molar-refractivity contribution in [2.45, 2.75) is 62.1 Å². The predicted molar refractivity (Wildman–Crippen MR) is 220 cm³/mol. The maximum absolute atomic E-state index is 14.4. The monoisotopic (exact) mass is 817 g/mol. The van der Waals surface area contributed by atoms with Crippen LogP contribution in [0.2, 0.25) is 0 Å². The SMILES string of the molecule is O=C(O)[C@@H]1Cc2ccc(cc2)NC(=O)[C@H](O)[C@@H](O)C(=O)N[C@H](Cc2cccs2)C(=O)N[C@@H](Cc2ccc(-c3ccccc3)cc2)C(=O)N[C@@H](Cc2ccccc2)C(=O)N1. The van der Waals surface area contributed by atoms with E-state index >= 15 is 0 Å². The van der Waals surface area contributed by atoms with Crippen LogP contribution in [0, 0.1) is 0 Å². The summed E-state index contributed by atoms with van der Waals surface area (Å²) in [5.74, 6) is -6.08. The van der Waals surface area contributed by atoms with Crippen LogP contribution in [-0.2, 0) is 54.5 Å². The van der Waals surface area contributed by atoms with Crippen LogP contribution >= 0.6 is 11.3 Å². The van der Waals surface area contributed by atoms with E-state index in [1.165, 1.54) is 35.6 Å². The van der Waals surface area contributed by atoms with E-state index in [0.29, 0.717) is 21.6 Å². The van der Waals surface area contributed by atoms with Crippen molar-refractivity contribution >= 4 is 52.5 Å². The molecule has 0 unspecified atom stereocenters. The number of carbonyl (C=O) groups excluding carboxylic acids is 5. The molecule has 59 heavy (non-hydrogen) atoms. The normalized spacial score (nSPS) is 22.2. The number of aliphatic hydroxyl groups excluding tert-OH is 2. The number of carboxylic acids is 1. The third-order valence-corrected chi connectivity index (χ3v) is 10.7. The van der Waals surface area contributed by atoms with E-state index in [2.05, 4.69) is 26.6 Å². The molecule has 15 heteroatoms. The highest BCUT2D eigenvalue weighted by Gasteiger charge is 2.35. The number of rotatable bonds is 8. The van der Waals surface area contributed by atoms with Crippen molar-refractivity contribution in [2.24, 2.45) is 0 Å². The van der Waals surface area contributed by atoms with Crippen LogP contribution in [0.5, 0.6) is 0 Å². The Bertz CT molecular complexity index is 2240. The lowest BCUT2D eigenvalue weighted by Gasteiger charge is -2.27. The molecule has 0 fully saturated rings. The highest BCUT2D eigenvalue weighted by atomic mass is 32.1. The largest absolute Gasteiger partial charge is 0.480 e. The second kappa shape index (κ2) is 19.7. The van der Waals surface area contributed by atoms with Crippen LogP contribution in [0.25, 0.3) is 11.1 Å². The van der Waals surface area contributed by atoms with Gasteiger partial charge in [-0.25, -0.2) is 4.79 Å². The van der Waals surface area contributed by atoms with Gasteiger partial charge in [-0.05, 0) is 51.4 Å². The number of fused-ring (bicyclic) bond motifs is 18. The highest BCUT2D eigenvalue weighted by Crippen LogP contribution is 2.21. The number of nitrogens with one attached hydrogen (secondary N) is 5. The van der Waals surface area contributed by atoms with Crippen LogP contribution in [-0.4, -0.2) is 87.2 Å². The number of hydrogen-bond donors (Lipinski definition) is 8. The van der Waals surface area contributed by atoms with E-state index in [1.807, 2.05) is 42.5 Å². The van der Waals surface area contributed by atoms with Crippen LogP contribution in [0.3, 0.4) is 0 Å². The second-order valence-electron chi connectivity index (χ2n) is 14.1. The molecule has 0 aliphatic carbocycles. The van der Waals surface area contributed by atoms with Gasteiger partial charge in [0.1, 0.15) is 24.2 Å². The average molecular weight is 818 g/mol. The van der Waals surface area contributed by atoms with Gasteiger partial charge in [0.25, 0.3) is 11.8 Å². The maximum atomic E-state index is 14.4. The summed E-state index contributed by atoms with van der Waals surface area (Å²) in [7, 11) is 0. The number of aliphatic carboxylic acids is 1. The summed E-state index contributed by atoms with van der Waals surface area (Å²) in [6, 6.07) is 29.6. The molecule has 0 saturated heterocycles. The molecule has 6 atom stereocenters. The Morgan fingerprint density at radius 2 is 1.05 bits per heavy atom. The molecule has 2 bridgehead atoms. The van der Waals surface area contributed by atoms with Crippen molar-refractivity contribution in [3.63, 3.8) is 0 Å². The number of amides is 5. The first-order valence-electron chi connectivity index (χ1n) is 18.8. The summed E-state index contributed by atoms with van der Waals surface area (Å²) in [5, 5.41) is 46.3. The Morgan fingerprint density at radius 1 is 0.542 bits per heavy atom. The first-order chi connectivity index (χ1) is 28.4. The third-order valence-electron chi connectivity index (χ3n) is 9.78. The van der Waals surface area contributed by atoms with Crippen LogP contribution in [0.15, 0.2) is 127 Å². The number of thiophene rings is 1. The number of carboxylic acid groups (broad SMARTS) is 1. The number of aliphatic hydroxyl groups is 2. The van der Waals surface area contributed by atoms with Gasteiger partial charge in [0.05, 0.1) is 0 Å². The van der Waals surface area contributed by atoms with Crippen molar-refractivity contribution in [1.29, 1.82) is 0 Å². The summed E-state index contributed by atoms with van der Waals surface area (Å²) in [5.41, 5.74) is 3.80. The molecule has 2 aliphatic heterocycles. The van der Waals surface area contributed by atoms with Crippen molar-refractivity contribution in [2.75, 3.05) is 5.32 Å². The molecule has 4 aromatic carbocycles. The molecule has 3 heterocycles. The standard InChI is InChI=1S/C44H43N5O9S/c50-37-38(51)43(56)48-35(25-32-12-7-21-59-32)41(54)47-34(23-27-13-17-30(18-14-27)29-10-5-2-6-11-29)39(52)46-33(22-26-8-3-1-4-9-26)40(53)49-36(44(57)58)24-28-15-19-31(20-16-28)45-42(37)55/h1-21,33-38,50-51H,22-25H2,(H,45,55)(H,46,52)(H,47,54)(H,48,56)(H,49,53)(H,57,58)/t33-,34-,35+,36-,37+,38+/m0/s1. The number of hydrogen-bond acceptors (Lipinski definition) is 9. The van der Waals surface area contributed by atoms with E-state index in [0.717, 1.165) is 11.1 Å². The second-order valence-corrected chi connectivity index (χ2v) is 15.1. The van der Waals surface area contributed by atoms with Gasteiger partial charge >= 0.3 is 5.97 Å². The first kappa shape index (κ1) is 41.9. The van der Waals surface area contributed by atoms with Gasteiger partial charge in [0.2, 0.25) is 17.7 Å². The summed E-state index contributed by atoms with van der Waals surface area (Å²) < 4.78 is 0. The van der Waals surface area contributed by atoms with Gasteiger partial charge < -0.3 is 41.9 Å². The van der Waals surface area contributed by atoms with Crippen molar-refractivity contribution in [3.8, 4) is 11.1 Å². The van der Waals surface area contributed by atoms with E-state index in [1.54, 1.807) is 60.0 Å². The van der Waals surface area contributed by atoms with Gasteiger partial charge in [-0.3, -0.25) is 24.0 Å². The summed E-state index contributed by atoms with van der Waals surface area (Å²) in [6.45, 7) is 0. The van der Waals surface area contributed by atoms with Crippen LogP contribution in [0.4, 0.5) is 5.69 Å². The molecule has 0 saturated carbocycles. The Labute approximate surface area is 343 Å². The molecule has 2 aliphatic rings. The van der Waals surface area contributed by atoms with Crippen molar-refractivity contribution in [1.82, 2.24) is 21.3 Å². The maximum Gasteiger partial charge on any atom is 0.326 e. The summed E-state index contributed by atoms with van der Waals surface area (Å²) in [6.07, 6.45) is -4.89. The van der Waals surface area contributed by atoms with Gasteiger partial charge in [-0.1, -0.05) is 103 Å². The molecule has 1 aromatic heterocycles. The molecule has 7 rings (SSSR count). The fraction of sp³-hybridized carbons (Fsp3) is 0.227. The lowest BCUT2D eigenvalue weighted by Crippen LogP contribution is -2.60. The minimum Gasteiger partial charge on any atom is -0.480 e. The van der Waals surface area contributed by atoms with E-state index in [9.17, 15) is 44.1 Å². The van der Waals surface area contributed by atoms with Gasteiger partial charge in [0.15, 0.2) is 12.2 Å². The van der Waals surface area contributed by atoms with Crippen LogP contribution in [0.1, 0.15) is 21.6 Å². The third kappa shape index (κ3) is 11.5. The molecule has 5 amide bonds. The quantitative estimate of drug-likeness (QED) is 0.108. The molecule has 0 spiro atoms. The van der Waals surface area contributed by atoms with Crippen molar-refractivity contribution < 1.29 is 44.1 Å². The number of anilines is 1. The fourth-order valence-electron chi connectivity index (χ4n) is 6.54.